The van der Waals surface area contributed by atoms with Crippen LogP contribution in [0.1, 0.15) is 55.4 Å². The van der Waals surface area contributed by atoms with Gasteiger partial charge in [-0.3, -0.25) is 4.79 Å². The Morgan fingerprint density at radius 2 is 1.62 bits per heavy atom. The van der Waals surface area contributed by atoms with Gasteiger partial charge in [-0.2, -0.15) is 0 Å². The number of hydrogen-bond acceptors (Lipinski definition) is 7. The summed E-state index contributed by atoms with van der Waals surface area (Å²) < 4.78 is 31.1. The zero-order valence-corrected chi connectivity index (χ0v) is 21.8. The summed E-state index contributed by atoms with van der Waals surface area (Å²) >= 11 is 1.52. The van der Waals surface area contributed by atoms with E-state index in [0.717, 1.165) is 0 Å². The molecule has 0 bridgehead atoms. The van der Waals surface area contributed by atoms with Gasteiger partial charge in [-0.05, 0) is 59.0 Å². The first-order valence-corrected chi connectivity index (χ1v) is 14.6. The van der Waals surface area contributed by atoms with Crippen LogP contribution in [0.2, 0.25) is 18.1 Å². The van der Waals surface area contributed by atoms with E-state index in [0.29, 0.717) is 6.61 Å². The summed E-state index contributed by atoms with van der Waals surface area (Å²) in [4.78, 5) is 12.6. The number of fused-ring (bicyclic) bond motifs is 1. The predicted octanol–water partition coefficient (Wildman–Crippen LogP) is 4.57. The quantitative estimate of drug-likeness (QED) is 0.451. The topological polar surface area (TPSA) is 63.2 Å². The number of esters is 1. The number of rotatable bonds is 5. The van der Waals surface area contributed by atoms with Gasteiger partial charge in [-0.15, -0.1) is 11.8 Å². The molecule has 29 heavy (non-hydrogen) atoms. The molecular formula is C21H40O6SSi. The molecule has 0 N–H and O–H groups in total. The Morgan fingerprint density at radius 1 is 1.07 bits per heavy atom. The zero-order valence-electron chi connectivity index (χ0n) is 20.0. The second-order valence-corrected chi connectivity index (χ2v) is 16.8. The van der Waals surface area contributed by atoms with E-state index in [-0.39, 0.29) is 28.7 Å². The van der Waals surface area contributed by atoms with Crippen molar-refractivity contribution in [3.63, 3.8) is 0 Å². The van der Waals surface area contributed by atoms with Crippen molar-refractivity contribution in [1.29, 1.82) is 0 Å². The van der Waals surface area contributed by atoms with Gasteiger partial charge < -0.3 is 23.4 Å². The SMILES string of the molecule is CS[C@@H]1O[C@H](CO[Si](C)(C)C(C)(C)C)[C@@H]2OC(C)(C)O[C@@H]2[C@H]1OC(=O)C(C)(C)C. The summed E-state index contributed by atoms with van der Waals surface area (Å²) in [6.07, 6.45) is 0.396. The Balaban J connectivity index is 2.23. The molecule has 0 aromatic heterocycles. The third-order valence-electron chi connectivity index (χ3n) is 5.93. The van der Waals surface area contributed by atoms with E-state index in [1.165, 1.54) is 11.8 Å². The molecule has 170 valence electrons. The molecule has 0 aromatic rings. The van der Waals surface area contributed by atoms with E-state index in [1.54, 1.807) is 0 Å². The van der Waals surface area contributed by atoms with Gasteiger partial charge >= 0.3 is 5.97 Å². The Kier molecular flexibility index (Phi) is 7.31. The molecule has 6 nitrogen and oxygen atoms in total. The molecule has 2 rings (SSSR count). The highest BCUT2D eigenvalue weighted by Gasteiger charge is 2.57. The second-order valence-electron chi connectivity index (χ2n) is 11.0. The monoisotopic (exact) mass is 448 g/mol. The Morgan fingerprint density at radius 3 is 2.10 bits per heavy atom. The largest absolute Gasteiger partial charge is 0.455 e. The van der Waals surface area contributed by atoms with Crippen LogP contribution in [0.4, 0.5) is 0 Å². The summed E-state index contributed by atoms with van der Waals surface area (Å²) in [6, 6.07) is 0. The van der Waals surface area contributed by atoms with Crippen LogP contribution in [0.3, 0.4) is 0 Å². The Bertz CT molecular complexity index is 595. The van der Waals surface area contributed by atoms with Crippen molar-refractivity contribution >= 4 is 26.0 Å². The maximum Gasteiger partial charge on any atom is 0.311 e. The van der Waals surface area contributed by atoms with Gasteiger partial charge in [0.1, 0.15) is 23.7 Å². The van der Waals surface area contributed by atoms with Crippen molar-refractivity contribution in [1.82, 2.24) is 0 Å². The van der Waals surface area contributed by atoms with Crippen molar-refractivity contribution in [2.24, 2.45) is 5.41 Å². The highest BCUT2D eigenvalue weighted by atomic mass is 32.2. The first kappa shape index (κ1) is 25.1. The van der Waals surface area contributed by atoms with Crippen molar-refractivity contribution in [2.45, 2.75) is 109 Å². The van der Waals surface area contributed by atoms with Gasteiger partial charge in [-0.1, -0.05) is 20.8 Å². The molecule has 0 radical (unpaired) electrons. The standard InChI is InChI=1S/C21H40O6SSi/c1-19(2,3)18(22)25-16-15-14(26-21(7,8)27-15)13(24-17(16)28-9)12-23-29(10,11)20(4,5)6/h13-17H,12H2,1-11H3/t13-,14+,15+,16-,17+/m1/s1. The molecule has 5 atom stereocenters. The molecule has 2 fully saturated rings. The van der Waals surface area contributed by atoms with Crippen LogP contribution in [-0.2, 0) is 28.2 Å². The van der Waals surface area contributed by atoms with E-state index in [9.17, 15) is 4.79 Å². The maximum absolute atomic E-state index is 12.6. The van der Waals surface area contributed by atoms with Crippen LogP contribution in [0, 0.1) is 5.41 Å². The number of thioether (sulfide) groups is 1. The lowest BCUT2D eigenvalue weighted by molar-refractivity contribution is -0.198. The second kappa shape index (κ2) is 8.43. The molecule has 0 spiro atoms. The maximum atomic E-state index is 12.6. The van der Waals surface area contributed by atoms with E-state index in [2.05, 4.69) is 33.9 Å². The molecule has 0 amide bonds. The normalized spacial score (nSPS) is 32.7. The van der Waals surface area contributed by atoms with Crippen molar-refractivity contribution in [3.05, 3.63) is 0 Å². The molecule has 0 aliphatic carbocycles. The van der Waals surface area contributed by atoms with Gasteiger partial charge in [0.25, 0.3) is 0 Å². The summed E-state index contributed by atoms with van der Waals surface area (Å²) in [5.41, 5.74) is -0.941. The molecule has 0 aromatic carbocycles. The Hall–Kier alpha value is -0.123. The molecule has 8 heteroatoms. The predicted molar refractivity (Wildman–Crippen MR) is 118 cm³/mol. The lowest BCUT2D eigenvalue weighted by Crippen LogP contribution is -2.59. The average molecular weight is 449 g/mol. The van der Waals surface area contributed by atoms with Gasteiger partial charge in [0, 0.05) is 0 Å². The molecule has 2 aliphatic rings. The highest BCUT2D eigenvalue weighted by molar-refractivity contribution is 7.99. The third kappa shape index (κ3) is 5.77. The first-order valence-electron chi connectivity index (χ1n) is 10.4. The smallest absolute Gasteiger partial charge is 0.311 e. The molecule has 0 saturated carbocycles. The summed E-state index contributed by atoms with van der Waals surface area (Å²) in [6.45, 7) is 20.8. The van der Waals surface area contributed by atoms with E-state index >= 15 is 0 Å². The average Bonchev–Trinajstić information content (AvgIpc) is 2.87. The van der Waals surface area contributed by atoms with Gasteiger partial charge in [0.15, 0.2) is 20.2 Å². The molecular weight excluding hydrogens is 408 g/mol. The van der Waals surface area contributed by atoms with E-state index < -0.39 is 31.7 Å². The lowest BCUT2D eigenvalue weighted by Gasteiger charge is -2.43. The van der Waals surface area contributed by atoms with Crippen LogP contribution < -0.4 is 0 Å². The van der Waals surface area contributed by atoms with Crippen LogP contribution in [0.25, 0.3) is 0 Å². The summed E-state index contributed by atoms with van der Waals surface area (Å²) in [5, 5.41) is 0.108. The Labute approximate surface area is 181 Å². The lowest BCUT2D eigenvalue weighted by atomic mass is 9.96. The molecule has 2 aliphatic heterocycles. The van der Waals surface area contributed by atoms with Crippen LogP contribution >= 0.6 is 11.8 Å². The fourth-order valence-corrected chi connectivity index (χ4v) is 4.84. The number of carbonyl (C=O) groups is 1. The number of hydrogen-bond donors (Lipinski definition) is 0. The number of carbonyl (C=O) groups excluding carboxylic acids is 1. The van der Waals surface area contributed by atoms with Crippen LogP contribution in [0.5, 0.6) is 0 Å². The minimum atomic E-state index is -1.94. The highest BCUT2D eigenvalue weighted by Crippen LogP contribution is 2.43. The zero-order chi connectivity index (χ0) is 22.4. The van der Waals surface area contributed by atoms with Crippen molar-refractivity contribution < 1.29 is 28.2 Å². The minimum absolute atomic E-state index is 0.108. The van der Waals surface area contributed by atoms with Gasteiger partial charge in [-0.25, -0.2) is 0 Å². The van der Waals surface area contributed by atoms with E-state index in [4.69, 9.17) is 23.4 Å². The first-order chi connectivity index (χ1) is 13.0. The van der Waals surface area contributed by atoms with Gasteiger partial charge in [0.05, 0.1) is 12.0 Å². The minimum Gasteiger partial charge on any atom is -0.455 e. The van der Waals surface area contributed by atoms with E-state index in [1.807, 2.05) is 40.9 Å². The van der Waals surface area contributed by atoms with Crippen molar-refractivity contribution in [3.8, 4) is 0 Å². The fraction of sp³-hybridized carbons (Fsp3) is 0.952. The van der Waals surface area contributed by atoms with Crippen LogP contribution in [0.15, 0.2) is 0 Å². The summed E-state index contributed by atoms with van der Waals surface area (Å²) in [5.74, 6) is -1.04. The van der Waals surface area contributed by atoms with Gasteiger partial charge in [0.2, 0.25) is 0 Å². The molecule has 2 saturated heterocycles. The third-order valence-corrected chi connectivity index (χ3v) is 11.3. The molecule has 0 unspecified atom stereocenters. The number of ether oxygens (including phenoxy) is 4. The fourth-order valence-electron chi connectivity index (χ4n) is 3.09. The molecule has 2 heterocycles. The van der Waals surface area contributed by atoms with Crippen LogP contribution in [-0.4, -0.2) is 62.8 Å². The van der Waals surface area contributed by atoms with Crippen molar-refractivity contribution in [2.75, 3.05) is 12.9 Å². The summed E-state index contributed by atoms with van der Waals surface area (Å²) in [7, 11) is -1.94.